The standard InChI is InChI=1S/C74H100N14O8S4/c1-49(2)69-80-60(45-97-69)41-87(7)71(91)84-65(30-32-75)67(89)79-57(26-28-58(36-52-20-13-10-14-21-52)82-73(93)95-43-62-39-76-47-99-62)37-53-22-17-24-54(34-53)64-25-16-15-23-55(64)38-59(83-74(94)96-44-63-40-77-48-100-63)29-27-56(35-51-18-11-9-12-19-51)78-68(90)66(31-33-86(5)6)85-72(92)88(8)42-61-46-98-70(81-61)50(3)4/h9-15,17-24,34,39-40,45-47,49-50,56-59,65-66,77H,16,25-33,35-38,41-44,48,75H2,1-8H3,(H,78,90)(H,79,89)(H,82,93)(H,83,94)(H,84,91)(H,85,92)/t56-,57-,58-,59-,65+,66+/m1/s1. The Morgan fingerprint density at radius 2 is 1.12 bits per heavy atom. The number of hydrogen-bond acceptors (Lipinski definition) is 18. The van der Waals surface area contributed by atoms with Crippen LogP contribution in [0.3, 0.4) is 0 Å². The van der Waals surface area contributed by atoms with E-state index < -0.39 is 48.4 Å². The minimum absolute atomic E-state index is 0.0768. The van der Waals surface area contributed by atoms with Gasteiger partial charge in [0.1, 0.15) is 25.3 Å². The summed E-state index contributed by atoms with van der Waals surface area (Å²) in [6.07, 6.45) is 12.4. The van der Waals surface area contributed by atoms with Crippen LogP contribution in [0.5, 0.6) is 0 Å². The highest BCUT2D eigenvalue weighted by Gasteiger charge is 2.30. The van der Waals surface area contributed by atoms with Crippen molar-refractivity contribution >= 4 is 87.4 Å². The largest absolute Gasteiger partial charge is 0.444 e. The number of nitrogens with zero attached hydrogens (tertiary/aromatic N) is 6. The van der Waals surface area contributed by atoms with Gasteiger partial charge >= 0.3 is 24.2 Å². The van der Waals surface area contributed by atoms with Gasteiger partial charge in [-0.25, -0.2) is 29.1 Å². The van der Waals surface area contributed by atoms with E-state index >= 15 is 0 Å². The molecule has 8 rings (SSSR count). The van der Waals surface area contributed by atoms with E-state index in [9.17, 15) is 28.8 Å². The van der Waals surface area contributed by atoms with Crippen LogP contribution in [0.1, 0.15) is 146 Å². The molecule has 0 unspecified atom stereocenters. The molecule has 8 amide bonds. The number of thioether (sulfide) groups is 1. The van der Waals surface area contributed by atoms with Gasteiger partial charge in [0.15, 0.2) is 0 Å². The maximum absolute atomic E-state index is 14.7. The van der Waals surface area contributed by atoms with Crippen molar-refractivity contribution in [2.24, 2.45) is 5.73 Å². The number of allylic oxidation sites excluding steroid dienone is 3. The number of carbonyl (C=O) groups is 6. The Bertz CT molecular complexity index is 3660. The number of ether oxygens (including phenoxy) is 2. The third-order valence-corrected chi connectivity index (χ3v) is 21.2. The third-order valence-electron chi connectivity index (χ3n) is 17.2. The number of rotatable bonds is 38. The number of thiazole rings is 3. The molecule has 22 nitrogen and oxygen atoms in total. The van der Waals surface area contributed by atoms with Crippen molar-refractivity contribution in [2.75, 3.05) is 53.8 Å². The van der Waals surface area contributed by atoms with Crippen LogP contribution >= 0.6 is 45.8 Å². The molecule has 2 aliphatic rings. The topological polar surface area (TPSA) is 280 Å². The Morgan fingerprint density at radius 3 is 1.62 bits per heavy atom. The number of nitrogens with one attached hydrogen (secondary N) is 7. The summed E-state index contributed by atoms with van der Waals surface area (Å²) in [4.78, 5) is 105. The molecule has 3 aromatic heterocycles. The lowest BCUT2D eigenvalue weighted by atomic mass is 9.86. The van der Waals surface area contributed by atoms with E-state index in [4.69, 9.17) is 25.2 Å². The summed E-state index contributed by atoms with van der Waals surface area (Å²) < 4.78 is 11.5. The van der Waals surface area contributed by atoms with Crippen molar-refractivity contribution in [2.45, 2.75) is 173 Å². The molecule has 0 saturated carbocycles. The van der Waals surface area contributed by atoms with Crippen LogP contribution in [0.2, 0.25) is 0 Å². The van der Waals surface area contributed by atoms with Gasteiger partial charge in [-0.05, 0) is 138 Å². The molecular weight excluding hydrogens is 1340 g/mol. The number of benzene rings is 3. The molecule has 26 heteroatoms. The zero-order chi connectivity index (χ0) is 71.3. The summed E-state index contributed by atoms with van der Waals surface area (Å²) in [7, 11) is 7.25. The summed E-state index contributed by atoms with van der Waals surface area (Å²) in [6, 6.07) is 23.8. The van der Waals surface area contributed by atoms with Crippen molar-refractivity contribution < 1.29 is 38.2 Å². The Labute approximate surface area is 605 Å². The van der Waals surface area contributed by atoms with Gasteiger partial charge in [0.05, 0.1) is 50.8 Å². The van der Waals surface area contributed by atoms with Crippen LogP contribution in [-0.4, -0.2) is 156 Å². The molecule has 0 saturated heterocycles. The second kappa shape index (κ2) is 40.3. The molecule has 6 atom stereocenters. The van der Waals surface area contributed by atoms with E-state index in [1.165, 1.54) is 16.2 Å². The molecule has 3 aromatic carbocycles. The molecule has 9 N–H and O–H groups in total. The molecule has 1 aliphatic carbocycles. The normalized spacial score (nSPS) is 14.7. The van der Waals surface area contributed by atoms with Crippen LogP contribution in [0, 0.1) is 0 Å². The Kier molecular flexibility index (Phi) is 31.3. The van der Waals surface area contributed by atoms with Crippen molar-refractivity contribution in [3.05, 3.63) is 185 Å². The van der Waals surface area contributed by atoms with Gasteiger partial charge in [-0.1, -0.05) is 125 Å². The van der Waals surface area contributed by atoms with Gasteiger partial charge in [0.25, 0.3) is 0 Å². The first-order valence-corrected chi connectivity index (χ1v) is 38.1. The highest BCUT2D eigenvalue weighted by atomic mass is 32.2. The highest BCUT2D eigenvalue weighted by molar-refractivity contribution is 8.03. The average molecular weight is 1440 g/mol. The van der Waals surface area contributed by atoms with Crippen LogP contribution in [0.25, 0.3) is 5.57 Å². The van der Waals surface area contributed by atoms with E-state index in [2.05, 4.69) is 94.2 Å². The minimum atomic E-state index is -0.958. The Balaban J connectivity index is 1.04. The lowest BCUT2D eigenvalue weighted by Gasteiger charge is -2.28. The summed E-state index contributed by atoms with van der Waals surface area (Å²) in [5.41, 5.74) is 15.5. The van der Waals surface area contributed by atoms with Gasteiger partial charge in [0.2, 0.25) is 11.8 Å². The fourth-order valence-corrected chi connectivity index (χ4v) is 14.6. The van der Waals surface area contributed by atoms with Gasteiger partial charge in [0, 0.05) is 78.2 Å². The highest BCUT2D eigenvalue weighted by Crippen LogP contribution is 2.33. The first kappa shape index (κ1) is 77.6. The second-order valence-corrected chi connectivity index (χ2v) is 30.3. The van der Waals surface area contributed by atoms with Crippen LogP contribution in [0.15, 0.2) is 136 Å². The summed E-state index contributed by atoms with van der Waals surface area (Å²) in [6.45, 7) is 9.75. The molecule has 1 aliphatic heterocycles. The molecular formula is C74H100N14O8S4. The SMILES string of the molecule is CC(C)c1nc(CN(C)C(=O)N[C@@H](CCN)C(=O)N[C@H](CC[C@H](Cc2ccccc2)NC(=O)OCc2cncs2)Cc2cccc(C3=C(C[C@@H](CC[C@H](Cc4ccccc4)NC(=O)[C@H](CCN(C)C)NC(=O)N(C)Cc4csc(C(C)C)n4)NC(=O)OCC4=CNCS4)C=CCC3)c2)cs1. The molecule has 0 spiro atoms. The predicted octanol–water partition coefficient (Wildman–Crippen LogP) is 11.6. The Hall–Kier alpha value is -8.14. The van der Waals surface area contributed by atoms with Crippen molar-refractivity contribution in [1.29, 1.82) is 0 Å². The lowest BCUT2D eigenvalue weighted by molar-refractivity contribution is -0.124. The zero-order valence-corrected chi connectivity index (χ0v) is 62.1. The lowest BCUT2D eigenvalue weighted by Crippen LogP contribution is -2.53. The molecule has 4 heterocycles. The smallest absolute Gasteiger partial charge is 0.407 e. The monoisotopic (exact) mass is 1440 g/mol. The summed E-state index contributed by atoms with van der Waals surface area (Å²) in [5, 5.41) is 28.1. The van der Waals surface area contributed by atoms with Crippen LogP contribution in [-0.2, 0) is 58.0 Å². The number of hydrogen-bond donors (Lipinski definition) is 8. The number of alkyl carbamates (subject to hydrolysis) is 2. The van der Waals surface area contributed by atoms with Gasteiger partial charge < -0.3 is 67.1 Å². The molecule has 100 heavy (non-hydrogen) atoms. The molecule has 0 radical (unpaired) electrons. The summed E-state index contributed by atoms with van der Waals surface area (Å²) >= 11 is 6.10. The number of nitrogens with two attached hydrogens (primary N) is 1. The summed E-state index contributed by atoms with van der Waals surface area (Å²) in [5.74, 6) is 0.521. The maximum Gasteiger partial charge on any atom is 0.407 e. The quantitative estimate of drug-likeness (QED) is 0.0179. The molecule has 538 valence electrons. The fourth-order valence-electron chi connectivity index (χ4n) is 11.8. The third kappa shape index (κ3) is 26.1. The second-order valence-electron chi connectivity index (χ2n) is 26.5. The van der Waals surface area contributed by atoms with E-state index in [0.717, 1.165) is 77.4 Å². The van der Waals surface area contributed by atoms with Crippen LogP contribution < -0.4 is 43.0 Å². The fraction of sp³-hybridized carbons (Fsp3) is 0.473. The first-order chi connectivity index (χ1) is 48.2. The van der Waals surface area contributed by atoms with E-state index in [1.54, 1.807) is 65.1 Å². The van der Waals surface area contributed by atoms with E-state index in [0.29, 0.717) is 70.2 Å². The van der Waals surface area contributed by atoms with E-state index in [-0.39, 0.29) is 75.0 Å². The molecule has 6 aromatic rings. The minimum Gasteiger partial charge on any atom is -0.444 e. The number of urea groups is 2. The molecule has 0 fully saturated rings. The molecule has 0 bridgehead atoms. The van der Waals surface area contributed by atoms with E-state index in [1.807, 2.05) is 109 Å². The van der Waals surface area contributed by atoms with Crippen molar-refractivity contribution in [1.82, 2.24) is 66.9 Å². The zero-order valence-electron chi connectivity index (χ0n) is 58.8. The Morgan fingerprint density at radius 1 is 0.600 bits per heavy atom. The van der Waals surface area contributed by atoms with Crippen molar-refractivity contribution in [3.63, 3.8) is 0 Å². The average Bonchev–Trinajstić information content (AvgIpc) is 1.09. The first-order valence-electron chi connectivity index (χ1n) is 34.5. The number of carbonyl (C=O) groups excluding carboxylic acids is 6. The van der Waals surface area contributed by atoms with Gasteiger partial charge in [-0.2, -0.15) is 0 Å². The maximum atomic E-state index is 14.7. The van der Waals surface area contributed by atoms with Crippen molar-refractivity contribution in [3.8, 4) is 0 Å². The van der Waals surface area contributed by atoms with Crippen LogP contribution in [0.4, 0.5) is 19.2 Å². The number of aromatic nitrogens is 3. The van der Waals surface area contributed by atoms with Gasteiger partial charge in [-0.3, -0.25) is 14.6 Å². The van der Waals surface area contributed by atoms with Gasteiger partial charge in [-0.15, -0.1) is 45.8 Å². The predicted molar refractivity (Wildman–Crippen MR) is 401 cm³/mol. The number of amides is 8.